The van der Waals surface area contributed by atoms with Crippen LogP contribution < -0.4 is 5.32 Å². The van der Waals surface area contributed by atoms with E-state index in [2.05, 4.69) is 28.9 Å². The lowest BCUT2D eigenvalue weighted by molar-refractivity contribution is -0.121. The molecule has 25 heavy (non-hydrogen) atoms. The van der Waals surface area contributed by atoms with Crippen LogP contribution in [0.15, 0.2) is 30.3 Å². The Balaban J connectivity index is 2.37. The van der Waals surface area contributed by atoms with Gasteiger partial charge in [0.25, 0.3) is 5.91 Å². The van der Waals surface area contributed by atoms with E-state index in [4.69, 9.17) is 0 Å². The first-order valence-corrected chi connectivity index (χ1v) is 8.71. The lowest BCUT2D eigenvalue weighted by Gasteiger charge is -2.20. The second kappa shape index (κ2) is 8.01. The van der Waals surface area contributed by atoms with Gasteiger partial charge in [0.15, 0.2) is 0 Å². The predicted molar refractivity (Wildman–Crippen MR) is 100 cm³/mol. The molecule has 0 radical (unpaired) electrons. The van der Waals surface area contributed by atoms with E-state index in [0.717, 1.165) is 22.6 Å². The lowest BCUT2D eigenvalue weighted by Crippen LogP contribution is -2.40. The molecule has 1 heterocycles. The molecular formula is C20H27N3O2. The molecule has 0 aliphatic carbocycles. The number of likely N-dealkylation sites (N-methyl/N-ethyl adjacent to an activating group) is 2. The standard InChI is InChI=1S/C20H27N3O2/c1-6-21-19(24)13-22(7-2)20(25)17-12-15(4)23(16(17)5)18-11-9-8-10-14(18)3/h8-12H,6-7,13H2,1-5H3,(H,21,24). The van der Waals surface area contributed by atoms with E-state index in [1.165, 1.54) is 0 Å². The summed E-state index contributed by atoms with van der Waals surface area (Å²) in [4.78, 5) is 26.4. The second-order valence-corrected chi connectivity index (χ2v) is 6.18. The van der Waals surface area contributed by atoms with Crippen LogP contribution >= 0.6 is 0 Å². The van der Waals surface area contributed by atoms with E-state index < -0.39 is 0 Å². The fourth-order valence-corrected chi connectivity index (χ4v) is 3.09. The Kier molecular flexibility index (Phi) is 6.02. The van der Waals surface area contributed by atoms with E-state index >= 15 is 0 Å². The molecule has 134 valence electrons. The van der Waals surface area contributed by atoms with Crippen molar-refractivity contribution in [2.45, 2.75) is 34.6 Å². The van der Waals surface area contributed by atoms with Gasteiger partial charge in [-0.25, -0.2) is 0 Å². The minimum Gasteiger partial charge on any atom is -0.355 e. The molecule has 0 fully saturated rings. The zero-order valence-corrected chi connectivity index (χ0v) is 15.7. The van der Waals surface area contributed by atoms with E-state index in [0.29, 0.717) is 18.7 Å². The molecule has 0 atom stereocenters. The number of nitrogens with zero attached hydrogens (tertiary/aromatic N) is 2. The van der Waals surface area contributed by atoms with Gasteiger partial charge in [-0.2, -0.15) is 0 Å². The maximum absolute atomic E-state index is 13.0. The molecule has 0 saturated heterocycles. The van der Waals surface area contributed by atoms with Crippen LogP contribution in [-0.4, -0.2) is 40.9 Å². The van der Waals surface area contributed by atoms with E-state index in [-0.39, 0.29) is 18.4 Å². The minimum absolute atomic E-state index is 0.0806. The highest BCUT2D eigenvalue weighted by atomic mass is 16.2. The third kappa shape index (κ3) is 3.92. The van der Waals surface area contributed by atoms with Gasteiger partial charge in [0.05, 0.1) is 12.1 Å². The van der Waals surface area contributed by atoms with Crippen LogP contribution in [0.5, 0.6) is 0 Å². The van der Waals surface area contributed by atoms with Crippen molar-refractivity contribution in [2.75, 3.05) is 19.6 Å². The molecule has 0 aliphatic rings. The van der Waals surface area contributed by atoms with E-state index in [9.17, 15) is 9.59 Å². The molecule has 0 saturated carbocycles. The van der Waals surface area contributed by atoms with Crippen LogP contribution in [0.3, 0.4) is 0 Å². The molecule has 5 heteroatoms. The topological polar surface area (TPSA) is 54.3 Å². The highest BCUT2D eigenvalue weighted by Gasteiger charge is 2.22. The molecule has 0 unspecified atom stereocenters. The average Bonchev–Trinajstić information content (AvgIpc) is 2.87. The van der Waals surface area contributed by atoms with Crippen molar-refractivity contribution in [2.24, 2.45) is 0 Å². The summed E-state index contributed by atoms with van der Waals surface area (Å²) in [6.07, 6.45) is 0. The predicted octanol–water partition coefficient (Wildman–Crippen LogP) is 3.00. The molecule has 0 bridgehead atoms. The van der Waals surface area contributed by atoms with Gasteiger partial charge in [0, 0.05) is 30.2 Å². The summed E-state index contributed by atoms with van der Waals surface area (Å²) >= 11 is 0. The third-order valence-corrected chi connectivity index (χ3v) is 4.40. The Labute approximate surface area is 149 Å². The first kappa shape index (κ1) is 18.8. The number of amides is 2. The Bertz CT molecular complexity index is 777. The molecule has 2 rings (SSSR count). The first-order chi connectivity index (χ1) is 11.9. The Morgan fingerprint density at radius 2 is 1.80 bits per heavy atom. The van der Waals surface area contributed by atoms with Crippen molar-refractivity contribution in [3.8, 4) is 5.69 Å². The molecule has 2 aromatic rings. The van der Waals surface area contributed by atoms with Gasteiger partial charge >= 0.3 is 0 Å². The second-order valence-electron chi connectivity index (χ2n) is 6.18. The van der Waals surface area contributed by atoms with Crippen molar-refractivity contribution in [3.63, 3.8) is 0 Å². The number of nitrogens with one attached hydrogen (secondary N) is 1. The Morgan fingerprint density at radius 3 is 2.40 bits per heavy atom. The minimum atomic E-state index is -0.134. The van der Waals surface area contributed by atoms with Crippen molar-refractivity contribution in [1.29, 1.82) is 0 Å². The summed E-state index contributed by atoms with van der Waals surface area (Å²) in [6.45, 7) is 10.9. The molecule has 1 aromatic carbocycles. The van der Waals surface area contributed by atoms with Gasteiger partial charge in [-0.1, -0.05) is 18.2 Å². The van der Waals surface area contributed by atoms with Crippen LogP contribution in [-0.2, 0) is 4.79 Å². The average molecular weight is 341 g/mol. The highest BCUT2D eigenvalue weighted by Crippen LogP contribution is 2.24. The molecule has 2 amide bonds. The third-order valence-electron chi connectivity index (χ3n) is 4.40. The van der Waals surface area contributed by atoms with Gasteiger partial charge < -0.3 is 14.8 Å². The summed E-state index contributed by atoms with van der Waals surface area (Å²) < 4.78 is 2.10. The lowest BCUT2D eigenvalue weighted by atomic mass is 10.2. The van der Waals surface area contributed by atoms with Gasteiger partial charge in [0.2, 0.25) is 5.91 Å². The van der Waals surface area contributed by atoms with E-state index in [1.54, 1.807) is 4.90 Å². The molecule has 1 N–H and O–H groups in total. The summed E-state index contributed by atoms with van der Waals surface area (Å²) in [5.41, 5.74) is 4.77. The SMILES string of the molecule is CCNC(=O)CN(CC)C(=O)c1cc(C)n(-c2ccccc2C)c1C. The molecule has 5 nitrogen and oxygen atoms in total. The van der Waals surface area contributed by atoms with E-state index in [1.807, 2.05) is 45.9 Å². The van der Waals surface area contributed by atoms with Crippen molar-refractivity contribution in [3.05, 3.63) is 52.8 Å². The fraction of sp³-hybridized carbons (Fsp3) is 0.400. The summed E-state index contributed by atoms with van der Waals surface area (Å²) in [5.74, 6) is -0.243. The number of aryl methyl sites for hydroxylation is 2. The van der Waals surface area contributed by atoms with Crippen LogP contribution in [0.2, 0.25) is 0 Å². The van der Waals surface area contributed by atoms with Crippen molar-refractivity contribution < 1.29 is 9.59 Å². The monoisotopic (exact) mass is 341 g/mol. The van der Waals surface area contributed by atoms with Crippen LogP contribution in [0.1, 0.15) is 41.2 Å². The zero-order chi connectivity index (χ0) is 18.6. The quantitative estimate of drug-likeness (QED) is 0.878. The van der Waals surface area contributed by atoms with Crippen LogP contribution in [0, 0.1) is 20.8 Å². The summed E-state index contributed by atoms with van der Waals surface area (Å²) in [5, 5.41) is 2.74. The molecule has 0 aliphatic heterocycles. The number of para-hydroxylation sites is 1. The Hall–Kier alpha value is -2.56. The molecular weight excluding hydrogens is 314 g/mol. The smallest absolute Gasteiger partial charge is 0.256 e. The molecule has 1 aromatic heterocycles. The number of hydrogen-bond acceptors (Lipinski definition) is 2. The molecule has 0 spiro atoms. The van der Waals surface area contributed by atoms with Crippen LogP contribution in [0.25, 0.3) is 5.69 Å². The normalized spacial score (nSPS) is 10.6. The van der Waals surface area contributed by atoms with Gasteiger partial charge in [-0.3, -0.25) is 9.59 Å². The Morgan fingerprint density at radius 1 is 1.12 bits per heavy atom. The first-order valence-electron chi connectivity index (χ1n) is 8.71. The van der Waals surface area contributed by atoms with Gasteiger partial charge in [0.1, 0.15) is 0 Å². The summed E-state index contributed by atoms with van der Waals surface area (Å²) in [7, 11) is 0. The summed E-state index contributed by atoms with van der Waals surface area (Å²) in [6, 6.07) is 10.0. The fourth-order valence-electron chi connectivity index (χ4n) is 3.09. The van der Waals surface area contributed by atoms with Crippen molar-refractivity contribution >= 4 is 11.8 Å². The number of carbonyl (C=O) groups is 2. The zero-order valence-electron chi connectivity index (χ0n) is 15.7. The number of rotatable bonds is 6. The number of aromatic nitrogens is 1. The largest absolute Gasteiger partial charge is 0.355 e. The van der Waals surface area contributed by atoms with Gasteiger partial charge in [-0.15, -0.1) is 0 Å². The van der Waals surface area contributed by atoms with Gasteiger partial charge in [-0.05, 0) is 52.3 Å². The number of benzene rings is 1. The maximum Gasteiger partial charge on any atom is 0.256 e. The number of hydrogen-bond donors (Lipinski definition) is 1. The van der Waals surface area contributed by atoms with Crippen LogP contribution in [0.4, 0.5) is 0 Å². The highest BCUT2D eigenvalue weighted by molar-refractivity contribution is 5.98. The maximum atomic E-state index is 13.0. The van der Waals surface area contributed by atoms with Crippen molar-refractivity contribution in [1.82, 2.24) is 14.8 Å². The number of carbonyl (C=O) groups excluding carboxylic acids is 2.